The van der Waals surface area contributed by atoms with E-state index in [1.54, 1.807) is 11.0 Å². The highest BCUT2D eigenvalue weighted by Gasteiger charge is 2.04. The first-order chi connectivity index (χ1) is 12.7. The first-order valence-corrected chi connectivity index (χ1v) is 9.31. The molecule has 0 bridgehead atoms. The molecule has 0 spiro atoms. The maximum atomic E-state index is 4.70. The number of rotatable bonds is 9. The average Bonchev–Trinajstić information content (AvgIpc) is 3.07. The summed E-state index contributed by atoms with van der Waals surface area (Å²) in [6, 6.07) is 8.67. The van der Waals surface area contributed by atoms with Crippen LogP contribution in [-0.4, -0.2) is 45.3 Å². The third kappa shape index (κ3) is 6.15. The van der Waals surface area contributed by atoms with Gasteiger partial charge in [-0.05, 0) is 31.1 Å². The van der Waals surface area contributed by atoms with Crippen molar-refractivity contribution in [2.45, 2.75) is 40.4 Å². The second-order valence-electron chi connectivity index (χ2n) is 6.13. The predicted molar refractivity (Wildman–Crippen MR) is 106 cm³/mol. The summed E-state index contributed by atoms with van der Waals surface area (Å²) in [5.74, 6) is 1.65. The van der Waals surface area contributed by atoms with Crippen LogP contribution < -0.4 is 10.6 Å². The lowest BCUT2D eigenvalue weighted by molar-refractivity contribution is 0.296. The Morgan fingerprint density at radius 1 is 1.15 bits per heavy atom. The second-order valence-corrected chi connectivity index (χ2v) is 6.13. The van der Waals surface area contributed by atoms with Crippen molar-refractivity contribution in [3.05, 3.63) is 47.5 Å². The smallest absolute Gasteiger partial charge is 0.191 e. The van der Waals surface area contributed by atoms with E-state index in [1.807, 2.05) is 7.05 Å². The van der Waals surface area contributed by atoms with Gasteiger partial charge in [0, 0.05) is 20.1 Å². The zero-order chi connectivity index (χ0) is 18.8. The normalized spacial score (nSPS) is 11.8. The molecule has 26 heavy (non-hydrogen) atoms. The molecule has 0 aliphatic carbocycles. The SMILES string of the molecule is CCNC(=NCc1cccc(CN(CC)CC)c1)NCc1ncnn1C. The van der Waals surface area contributed by atoms with E-state index in [9.17, 15) is 0 Å². The third-order valence-corrected chi connectivity index (χ3v) is 4.28. The highest BCUT2D eigenvalue weighted by molar-refractivity contribution is 5.79. The molecule has 0 saturated heterocycles. The highest BCUT2D eigenvalue weighted by atomic mass is 15.3. The molecule has 1 aromatic heterocycles. The zero-order valence-corrected chi connectivity index (χ0v) is 16.4. The van der Waals surface area contributed by atoms with Crippen molar-refractivity contribution in [3.8, 4) is 0 Å². The van der Waals surface area contributed by atoms with Crippen molar-refractivity contribution in [1.82, 2.24) is 30.3 Å². The van der Waals surface area contributed by atoms with E-state index in [4.69, 9.17) is 4.99 Å². The van der Waals surface area contributed by atoms with Crippen LogP contribution in [0.5, 0.6) is 0 Å². The van der Waals surface area contributed by atoms with Gasteiger partial charge in [-0.25, -0.2) is 9.98 Å². The predicted octanol–water partition coefficient (Wildman–Crippen LogP) is 1.91. The number of nitrogens with one attached hydrogen (secondary N) is 2. The molecule has 0 saturated carbocycles. The van der Waals surface area contributed by atoms with Gasteiger partial charge >= 0.3 is 0 Å². The molecule has 1 heterocycles. The summed E-state index contributed by atoms with van der Waals surface area (Å²) in [4.78, 5) is 11.3. The number of hydrogen-bond acceptors (Lipinski definition) is 4. The minimum Gasteiger partial charge on any atom is -0.357 e. The number of aliphatic imine (C=N–C) groups is 1. The summed E-state index contributed by atoms with van der Waals surface area (Å²) in [6.45, 7) is 11.6. The molecule has 0 fully saturated rings. The fourth-order valence-electron chi connectivity index (χ4n) is 2.69. The fourth-order valence-corrected chi connectivity index (χ4v) is 2.69. The molecule has 0 radical (unpaired) electrons. The molecule has 7 nitrogen and oxygen atoms in total. The van der Waals surface area contributed by atoms with E-state index in [2.05, 4.69) is 70.7 Å². The zero-order valence-electron chi connectivity index (χ0n) is 16.4. The number of aryl methyl sites for hydroxylation is 1. The minimum atomic E-state index is 0.588. The standard InChI is InChI=1S/C19H31N7/c1-5-20-19(22-13-18-23-15-24-25(18)4)21-12-16-9-8-10-17(11-16)14-26(6-2)7-3/h8-11,15H,5-7,12-14H2,1-4H3,(H2,20,21,22). The van der Waals surface area contributed by atoms with Crippen LogP contribution in [0.2, 0.25) is 0 Å². The third-order valence-electron chi connectivity index (χ3n) is 4.28. The van der Waals surface area contributed by atoms with Crippen molar-refractivity contribution in [2.75, 3.05) is 19.6 Å². The lowest BCUT2D eigenvalue weighted by atomic mass is 10.1. The van der Waals surface area contributed by atoms with E-state index in [0.717, 1.165) is 38.0 Å². The lowest BCUT2D eigenvalue weighted by Gasteiger charge is -2.18. The van der Waals surface area contributed by atoms with Gasteiger partial charge < -0.3 is 10.6 Å². The van der Waals surface area contributed by atoms with E-state index in [0.29, 0.717) is 13.1 Å². The van der Waals surface area contributed by atoms with Crippen LogP contribution >= 0.6 is 0 Å². The Hall–Kier alpha value is -2.41. The highest BCUT2D eigenvalue weighted by Crippen LogP contribution is 2.09. The number of guanidine groups is 1. The van der Waals surface area contributed by atoms with Gasteiger partial charge in [0.2, 0.25) is 0 Å². The molecule has 7 heteroatoms. The van der Waals surface area contributed by atoms with E-state index < -0.39 is 0 Å². The van der Waals surface area contributed by atoms with E-state index >= 15 is 0 Å². The molecule has 142 valence electrons. The number of benzene rings is 1. The maximum Gasteiger partial charge on any atom is 0.191 e. The Morgan fingerprint density at radius 3 is 2.58 bits per heavy atom. The molecule has 2 rings (SSSR count). The molecule has 1 aromatic carbocycles. The van der Waals surface area contributed by atoms with Crippen molar-refractivity contribution in [3.63, 3.8) is 0 Å². The van der Waals surface area contributed by atoms with Gasteiger partial charge in [-0.3, -0.25) is 9.58 Å². The number of hydrogen-bond donors (Lipinski definition) is 2. The summed E-state index contributed by atoms with van der Waals surface area (Å²) in [5.41, 5.74) is 2.55. The summed E-state index contributed by atoms with van der Waals surface area (Å²) in [7, 11) is 1.88. The second kappa shape index (κ2) is 10.6. The molecule has 2 aromatic rings. The fraction of sp³-hybridized carbons (Fsp3) is 0.526. The van der Waals surface area contributed by atoms with Crippen molar-refractivity contribution in [1.29, 1.82) is 0 Å². The van der Waals surface area contributed by atoms with E-state index in [1.165, 1.54) is 11.1 Å². The lowest BCUT2D eigenvalue weighted by Crippen LogP contribution is -2.37. The van der Waals surface area contributed by atoms with Crippen molar-refractivity contribution >= 4 is 5.96 Å². The molecule has 0 atom stereocenters. The molecular formula is C19H31N7. The average molecular weight is 358 g/mol. The largest absolute Gasteiger partial charge is 0.357 e. The van der Waals surface area contributed by atoms with Gasteiger partial charge in [0.15, 0.2) is 5.96 Å². The topological polar surface area (TPSA) is 70.4 Å². The van der Waals surface area contributed by atoms with Crippen LogP contribution in [0.3, 0.4) is 0 Å². The van der Waals surface area contributed by atoms with Crippen LogP contribution in [0, 0.1) is 0 Å². The molecule has 0 aliphatic heterocycles. The van der Waals surface area contributed by atoms with Crippen LogP contribution in [0.25, 0.3) is 0 Å². The summed E-state index contributed by atoms with van der Waals surface area (Å²) >= 11 is 0. The van der Waals surface area contributed by atoms with Crippen LogP contribution in [0.15, 0.2) is 35.6 Å². The van der Waals surface area contributed by atoms with Gasteiger partial charge in [0.05, 0.1) is 13.1 Å². The summed E-state index contributed by atoms with van der Waals surface area (Å²) in [6.07, 6.45) is 1.56. The summed E-state index contributed by atoms with van der Waals surface area (Å²) < 4.78 is 1.76. The molecule has 2 N–H and O–H groups in total. The molecule has 0 unspecified atom stereocenters. The maximum absolute atomic E-state index is 4.70. The van der Waals surface area contributed by atoms with Crippen LogP contribution in [0.4, 0.5) is 0 Å². The van der Waals surface area contributed by atoms with E-state index in [-0.39, 0.29) is 0 Å². The number of nitrogens with zero attached hydrogens (tertiary/aromatic N) is 5. The molecule has 0 amide bonds. The Labute approximate surface area is 156 Å². The minimum absolute atomic E-state index is 0.588. The van der Waals surface area contributed by atoms with Crippen molar-refractivity contribution in [2.24, 2.45) is 12.0 Å². The molecule has 0 aliphatic rings. The Balaban J connectivity index is 1.98. The molecular weight excluding hydrogens is 326 g/mol. The van der Waals surface area contributed by atoms with Crippen LogP contribution in [-0.2, 0) is 26.7 Å². The first-order valence-electron chi connectivity index (χ1n) is 9.31. The monoisotopic (exact) mass is 357 g/mol. The quantitative estimate of drug-likeness (QED) is 0.530. The number of aromatic nitrogens is 3. The Bertz CT molecular complexity index is 689. The van der Waals surface area contributed by atoms with Crippen LogP contribution in [0.1, 0.15) is 37.7 Å². The van der Waals surface area contributed by atoms with Gasteiger partial charge in [-0.2, -0.15) is 5.10 Å². The van der Waals surface area contributed by atoms with Crippen molar-refractivity contribution < 1.29 is 0 Å². The van der Waals surface area contributed by atoms with Gasteiger partial charge in [0.25, 0.3) is 0 Å². The Morgan fingerprint density at radius 2 is 1.92 bits per heavy atom. The van der Waals surface area contributed by atoms with Gasteiger partial charge in [-0.1, -0.05) is 38.1 Å². The van der Waals surface area contributed by atoms with Gasteiger partial charge in [-0.15, -0.1) is 0 Å². The first kappa shape index (κ1) is 19.9. The Kier molecular flexibility index (Phi) is 8.08. The van der Waals surface area contributed by atoms with Gasteiger partial charge in [0.1, 0.15) is 12.2 Å². The summed E-state index contributed by atoms with van der Waals surface area (Å²) in [5, 5.41) is 10.7.